The van der Waals surface area contributed by atoms with Crippen LogP contribution < -0.4 is 5.32 Å². The van der Waals surface area contributed by atoms with E-state index < -0.39 is 29.8 Å². The molecule has 1 saturated heterocycles. The number of pyridine rings is 1. The molecule has 4 aromatic rings. The predicted octanol–water partition coefficient (Wildman–Crippen LogP) is 3.01. The summed E-state index contributed by atoms with van der Waals surface area (Å²) < 4.78 is 0. The van der Waals surface area contributed by atoms with E-state index in [0.29, 0.717) is 32.4 Å². The molecule has 0 saturated carbocycles. The first-order valence-corrected chi connectivity index (χ1v) is 14.5. The molecule has 6 rings (SSSR count). The second kappa shape index (κ2) is 11.8. The van der Waals surface area contributed by atoms with E-state index in [9.17, 15) is 19.2 Å². The molecule has 0 spiro atoms. The number of carbonyl (C=O) groups excluding carboxylic acids is 4. The number of likely N-dealkylation sites (tertiary alicyclic amines) is 1. The van der Waals surface area contributed by atoms with Gasteiger partial charge in [-0.05, 0) is 61.7 Å². The molecule has 2 aliphatic heterocycles. The molecular weight excluding hydrogens is 544 g/mol. The lowest BCUT2D eigenvalue weighted by molar-refractivity contribution is -0.151. The Morgan fingerprint density at radius 3 is 2.37 bits per heavy atom. The van der Waals surface area contributed by atoms with E-state index in [1.54, 1.807) is 41.6 Å². The van der Waals surface area contributed by atoms with Gasteiger partial charge in [-0.1, -0.05) is 36.4 Å². The van der Waals surface area contributed by atoms with Crippen molar-refractivity contribution < 1.29 is 19.2 Å². The lowest BCUT2D eigenvalue weighted by atomic mass is 9.83. The Kier molecular flexibility index (Phi) is 7.77. The fraction of sp³-hybridized carbons (Fsp3) is 0.303. The summed E-state index contributed by atoms with van der Waals surface area (Å²) in [7, 11) is 1.99. The minimum atomic E-state index is -1.16. The standard InChI is InChI=1S/C33H34N6O4/c1-37-17-13-33(14-18-37,32(43)36-20-23-7-6-15-34-19-23)39(16-12-24-21-35-28-11-5-4-8-25(24)28)29(40)22-38-30(41)26-9-2-3-10-27(26)31(38)42/h2-11,15,19,21,35H,12-14,16-18,20,22H2,1H3,(H,36,43). The first kappa shape index (κ1) is 28.3. The smallest absolute Gasteiger partial charge is 0.262 e. The molecule has 4 amide bonds. The number of aromatic amines is 1. The number of nitrogens with zero attached hydrogens (tertiary/aromatic N) is 4. The van der Waals surface area contributed by atoms with Crippen molar-refractivity contribution in [2.24, 2.45) is 0 Å². The van der Waals surface area contributed by atoms with Crippen LogP contribution in [0.2, 0.25) is 0 Å². The van der Waals surface area contributed by atoms with E-state index in [-0.39, 0.29) is 30.1 Å². The number of hydrogen-bond donors (Lipinski definition) is 2. The van der Waals surface area contributed by atoms with Gasteiger partial charge in [0.15, 0.2) is 0 Å². The molecule has 43 heavy (non-hydrogen) atoms. The van der Waals surface area contributed by atoms with Gasteiger partial charge in [-0.25, -0.2) is 0 Å². The maximum absolute atomic E-state index is 14.3. The number of rotatable bonds is 9. The molecule has 2 aliphatic rings. The molecular formula is C33H34N6O4. The minimum absolute atomic E-state index is 0.244. The molecule has 1 fully saturated rings. The van der Waals surface area contributed by atoms with Gasteiger partial charge in [-0.2, -0.15) is 0 Å². The van der Waals surface area contributed by atoms with E-state index in [4.69, 9.17) is 0 Å². The monoisotopic (exact) mass is 578 g/mol. The second-order valence-corrected chi connectivity index (χ2v) is 11.3. The van der Waals surface area contributed by atoms with Crippen LogP contribution in [-0.2, 0) is 22.6 Å². The van der Waals surface area contributed by atoms with Crippen molar-refractivity contribution in [1.29, 1.82) is 0 Å². The van der Waals surface area contributed by atoms with Gasteiger partial charge in [0.2, 0.25) is 11.8 Å². The number of piperidine rings is 1. The topological polar surface area (TPSA) is 119 Å². The Hall–Kier alpha value is -4.83. The molecule has 0 aliphatic carbocycles. The number of benzene rings is 2. The summed E-state index contributed by atoms with van der Waals surface area (Å²) in [6.07, 6.45) is 6.64. The van der Waals surface area contributed by atoms with Crippen molar-refractivity contribution in [3.05, 3.63) is 102 Å². The number of nitrogens with one attached hydrogen (secondary N) is 2. The SMILES string of the molecule is CN1CCC(C(=O)NCc2cccnc2)(N(CCc2c[nH]c3ccccc23)C(=O)CN2C(=O)c3ccccc3C2=O)CC1. The molecule has 220 valence electrons. The predicted molar refractivity (Wildman–Crippen MR) is 161 cm³/mol. The maximum Gasteiger partial charge on any atom is 0.262 e. The maximum atomic E-state index is 14.3. The fourth-order valence-electron chi connectivity index (χ4n) is 6.21. The summed E-state index contributed by atoms with van der Waals surface area (Å²) in [5.74, 6) is -1.68. The molecule has 2 aromatic heterocycles. The third kappa shape index (κ3) is 5.41. The van der Waals surface area contributed by atoms with Crippen LogP contribution in [0.15, 0.2) is 79.3 Å². The van der Waals surface area contributed by atoms with Crippen molar-refractivity contribution in [2.75, 3.05) is 33.2 Å². The Morgan fingerprint density at radius 2 is 1.67 bits per heavy atom. The van der Waals surface area contributed by atoms with Crippen molar-refractivity contribution in [3.8, 4) is 0 Å². The second-order valence-electron chi connectivity index (χ2n) is 11.3. The number of fused-ring (bicyclic) bond motifs is 2. The Balaban J connectivity index is 1.32. The molecule has 2 aromatic carbocycles. The van der Waals surface area contributed by atoms with E-state index in [1.165, 1.54) is 0 Å². The van der Waals surface area contributed by atoms with Crippen LogP contribution in [-0.4, -0.2) is 87.1 Å². The third-order valence-electron chi connectivity index (χ3n) is 8.68. The molecule has 10 nitrogen and oxygen atoms in total. The van der Waals surface area contributed by atoms with Crippen molar-refractivity contribution in [2.45, 2.75) is 31.3 Å². The van der Waals surface area contributed by atoms with Gasteiger partial charge in [-0.15, -0.1) is 0 Å². The molecule has 0 radical (unpaired) electrons. The van der Waals surface area contributed by atoms with Gasteiger partial charge in [0.05, 0.1) is 11.1 Å². The number of imide groups is 1. The molecule has 2 N–H and O–H groups in total. The molecule has 0 bridgehead atoms. The van der Waals surface area contributed by atoms with Crippen molar-refractivity contribution in [3.63, 3.8) is 0 Å². The number of carbonyl (C=O) groups is 4. The van der Waals surface area contributed by atoms with E-state index in [1.807, 2.05) is 49.6 Å². The summed E-state index contributed by atoms with van der Waals surface area (Å²) in [6.45, 7) is 1.31. The largest absolute Gasteiger partial charge is 0.361 e. The highest BCUT2D eigenvalue weighted by molar-refractivity contribution is 6.22. The van der Waals surface area contributed by atoms with Gasteiger partial charge < -0.3 is 20.1 Å². The van der Waals surface area contributed by atoms with Crippen LogP contribution >= 0.6 is 0 Å². The van der Waals surface area contributed by atoms with Gasteiger partial charge in [0, 0.05) is 55.7 Å². The van der Waals surface area contributed by atoms with Gasteiger partial charge in [0.1, 0.15) is 12.1 Å². The fourth-order valence-corrected chi connectivity index (χ4v) is 6.21. The van der Waals surface area contributed by atoms with Crippen LogP contribution in [0.3, 0.4) is 0 Å². The van der Waals surface area contributed by atoms with Crippen LogP contribution in [0, 0.1) is 0 Å². The zero-order chi connectivity index (χ0) is 30.0. The quantitative estimate of drug-likeness (QED) is 0.295. The van der Waals surface area contributed by atoms with Crippen molar-refractivity contribution in [1.82, 2.24) is 30.0 Å². The minimum Gasteiger partial charge on any atom is -0.361 e. The van der Waals surface area contributed by atoms with E-state index >= 15 is 0 Å². The summed E-state index contributed by atoms with van der Waals surface area (Å²) in [4.78, 5) is 67.0. The van der Waals surface area contributed by atoms with Crippen molar-refractivity contribution >= 4 is 34.5 Å². The third-order valence-corrected chi connectivity index (χ3v) is 8.68. The highest BCUT2D eigenvalue weighted by Crippen LogP contribution is 2.32. The van der Waals surface area contributed by atoms with Gasteiger partial charge in [0.25, 0.3) is 11.8 Å². The van der Waals surface area contributed by atoms with Crippen LogP contribution in [0.25, 0.3) is 10.9 Å². The summed E-state index contributed by atoms with van der Waals surface area (Å²) in [5.41, 5.74) is 2.28. The number of para-hydroxylation sites is 1. The number of hydrogen-bond acceptors (Lipinski definition) is 6. The summed E-state index contributed by atoms with van der Waals surface area (Å²) in [6, 6.07) is 18.2. The van der Waals surface area contributed by atoms with Crippen LogP contribution in [0.1, 0.15) is 44.7 Å². The number of amides is 4. The number of H-pyrrole nitrogens is 1. The molecule has 10 heteroatoms. The number of aromatic nitrogens is 2. The van der Waals surface area contributed by atoms with Gasteiger partial charge >= 0.3 is 0 Å². The normalized spacial score (nSPS) is 16.3. The van der Waals surface area contributed by atoms with E-state index in [0.717, 1.165) is 26.9 Å². The Bertz CT molecular complexity index is 1640. The highest BCUT2D eigenvalue weighted by atomic mass is 16.2. The molecule has 0 atom stereocenters. The van der Waals surface area contributed by atoms with Gasteiger partial charge in [-0.3, -0.25) is 29.1 Å². The average Bonchev–Trinajstić information content (AvgIpc) is 3.56. The first-order valence-electron chi connectivity index (χ1n) is 14.5. The molecule has 0 unspecified atom stereocenters. The average molecular weight is 579 g/mol. The van der Waals surface area contributed by atoms with Crippen LogP contribution in [0.4, 0.5) is 0 Å². The summed E-state index contributed by atoms with van der Waals surface area (Å²) in [5, 5.41) is 4.11. The lowest BCUT2D eigenvalue weighted by Gasteiger charge is -2.47. The van der Waals surface area contributed by atoms with E-state index in [2.05, 4.69) is 20.2 Å². The Labute approximate surface area is 249 Å². The zero-order valence-electron chi connectivity index (χ0n) is 24.1. The molecule has 4 heterocycles. The zero-order valence-corrected chi connectivity index (χ0v) is 24.1. The lowest BCUT2D eigenvalue weighted by Crippen LogP contribution is -2.65. The Morgan fingerprint density at radius 1 is 0.977 bits per heavy atom. The summed E-state index contributed by atoms with van der Waals surface area (Å²) >= 11 is 0. The van der Waals surface area contributed by atoms with Crippen LogP contribution in [0.5, 0.6) is 0 Å². The first-order chi connectivity index (χ1) is 20.9. The highest BCUT2D eigenvalue weighted by Gasteiger charge is 2.49.